The first kappa shape index (κ1) is 10.0. The van der Waals surface area contributed by atoms with Crippen molar-refractivity contribution in [1.82, 2.24) is 4.98 Å². The predicted molar refractivity (Wildman–Crippen MR) is 43.7 cm³/mol. The molecule has 0 atom stereocenters. The van der Waals surface area contributed by atoms with Crippen LogP contribution in [0.3, 0.4) is 0 Å². The molecule has 2 N–H and O–H groups in total. The molecule has 1 rings (SSSR count). The van der Waals surface area contributed by atoms with Crippen LogP contribution in [-0.2, 0) is 0 Å². The molecule has 0 bridgehead atoms. The molecule has 0 aliphatic rings. The lowest BCUT2D eigenvalue weighted by molar-refractivity contribution is 0.580. The van der Waals surface area contributed by atoms with Crippen LogP contribution in [0, 0.1) is 12.9 Å². The molecule has 0 saturated heterocycles. The average molecular weight is 156 g/mol. The van der Waals surface area contributed by atoms with Gasteiger partial charge in [0.05, 0.1) is 0 Å². The highest BCUT2D eigenvalue weighted by Gasteiger charge is 1.86. The quantitative estimate of drug-likeness (QED) is 0.578. The Balaban J connectivity index is 0.000000292. The normalized spacial score (nSPS) is 8.36. The first-order valence-electron chi connectivity index (χ1n) is 3.50. The minimum Gasteiger partial charge on any atom is -0.331 e. The highest BCUT2D eigenvalue weighted by Crippen LogP contribution is 1.93. The molecule has 0 aromatic carbocycles. The zero-order valence-electron chi connectivity index (χ0n) is 6.84. The largest absolute Gasteiger partial charge is 0.331 e. The Kier molecular flexibility index (Phi) is 5.29. The van der Waals surface area contributed by atoms with E-state index in [-0.39, 0.29) is 0 Å². The van der Waals surface area contributed by atoms with E-state index < -0.39 is 5.95 Å². The minimum atomic E-state index is -0.412. The van der Waals surface area contributed by atoms with E-state index in [0.29, 0.717) is 5.69 Å². The Morgan fingerprint density at radius 2 is 2.09 bits per heavy atom. The van der Waals surface area contributed by atoms with Gasteiger partial charge in [-0.15, -0.1) is 0 Å². The fourth-order valence-electron chi connectivity index (χ4n) is 0.510. The van der Waals surface area contributed by atoms with Crippen LogP contribution in [0.5, 0.6) is 0 Å². The van der Waals surface area contributed by atoms with Crippen molar-refractivity contribution in [2.45, 2.75) is 13.8 Å². The maximum atomic E-state index is 12.1. The smallest absolute Gasteiger partial charge is 0.213 e. The third kappa shape index (κ3) is 5.48. The summed E-state index contributed by atoms with van der Waals surface area (Å²) in [7, 11) is 0. The van der Waals surface area contributed by atoms with Gasteiger partial charge >= 0.3 is 0 Å². The number of rotatable bonds is 0. The molecule has 1 aromatic rings. The van der Waals surface area contributed by atoms with Crippen molar-refractivity contribution in [3.63, 3.8) is 0 Å². The fourth-order valence-corrected chi connectivity index (χ4v) is 0.510. The van der Waals surface area contributed by atoms with Crippen LogP contribution in [0.2, 0.25) is 0 Å². The van der Waals surface area contributed by atoms with Crippen molar-refractivity contribution in [3.8, 4) is 0 Å². The van der Waals surface area contributed by atoms with Crippen LogP contribution in [0.1, 0.15) is 12.6 Å². The lowest BCUT2D eigenvalue weighted by Crippen LogP contribution is -1.87. The summed E-state index contributed by atoms with van der Waals surface area (Å²) in [6.07, 6.45) is 0. The van der Waals surface area contributed by atoms with Crippen molar-refractivity contribution in [2.75, 3.05) is 6.54 Å². The van der Waals surface area contributed by atoms with Gasteiger partial charge in [0.25, 0.3) is 0 Å². The molecule has 3 heteroatoms. The molecule has 62 valence electrons. The summed E-state index contributed by atoms with van der Waals surface area (Å²) < 4.78 is 12.1. The summed E-state index contributed by atoms with van der Waals surface area (Å²) in [6.45, 7) is 4.41. The Bertz CT molecular complexity index is 184. The second-order valence-electron chi connectivity index (χ2n) is 2.01. The Morgan fingerprint density at radius 1 is 1.55 bits per heavy atom. The molecule has 0 amide bonds. The number of hydrogen-bond donors (Lipinski definition) is 1. The molecular weight excluding hydrogens is 143 g/mol. The zero-order chi connectivity index (χ0) is 8.69. The van der Waals surface area contributed by atoms with Crippen LogP contribution in [0.4, 0.5) is 4.39 Å². The predicted octanol–water partition coefficient (Wildman–Crippen LogP) is 1.49. The van der Waals surface area contributed by atoms with Crippen LogP contribution >= 0.6 is 0 Å². The third-order valence-electron chi connectivity index (χ3n) is 0.854. The van der Waals surface area contributed by atoms with Crippen molar-refractivity contribution in [1.29, 1.82) is 0 Å². The Morgan fingerprint density at radius 3 is 2.36 bits per heavy atom. The maximum Gasteiger partial charge on any atom is 0.213 e. The van der Waals surface area contributed by atoms with Gasteiger partial charge in [-0.2, -0.15) is 4.39 Å². The number of nitrogens with zero attached hydrogens (tertiary/aromatic N) is 1. The standard InChI is InChI=1S/C6H6FN.C2H7N/c1-5-3-2-4-6(7)8-5;1-2-3/h2-4H,1H3;2-3H2,1H3. The summed E-state index contributed by atoms with van der Waals surface area (Å²) in [5.41, 5.74) is 5.56. The van der Waals surface area contributed by atoms with Gasteiger partial charge in [0.2, 0.25) is 5.95 Å². The van der Waals surface area contributed by atoms with Gasteiger partial charge in [-0.1, -0.05) is 13.0 Å². The monoisotopic (exact) mass is 156 g/mol. The molecular formula is C8H13FN2. The van der Waals surface area contributed by atoms with E-state index in [2.05, 4.69) is 4.98 Å². The average Bonchev–Trinajstić information content (AvgIpc) is 1.88. The van der Waals surface area contributed by atoms with Crippen molar-refractivity contribution >= 4 is 0 Å². The van der Waals surface area contributed by atoms with Gasteiger partial charge in [0, 0.05) is 5.69 Å². The van der Waals surface area contributed by atoms with Crippen molar-refractivity contribution < 1.29 is 4.39 Å². The van der Waals surface area contributed by atoms with Crippen LogP contribution in [-0.4, -0.2) is 11.5 Å². The van der Waals surface area contributed by atoms with Gasteiger partial charge in [-0.25, -0.2) is 4.98 Å². The van der Waals surface area contributed by atoms with Crippen LogP contribution < -0.4 is 5.73 Å². The zero-order valence-corrected chi connectivity index (χ0v) is 6.84. The van der Waals surface area contributed by atoms with Crippen molar-refractivity contribution in [3.05, 3.63) is 29.8 Å². The molecule has 0 radical (unpaired) electrons. The van der Waals surface area contributed by atoms with Gasteiger partial charge in [0.1, 0.15) is 0 Å². The summed E-state index contributed by atoms with van der Waals surface area (Å²) in [6, 6.07) is 4.72. The Hall–Kier alpha value is -0.960. The fraction of sp³-hybridized carbons (Fsp3) is 0.375. The molecule has 1 heterocycles. The number of nitrogens with two attached hydrogens (primary N) is 1. The molecule has 0 spiro atoms. The van der Waals surface area contributed by atoms with E-state index in [1.807, 2.05) is 6.92 Å². The van der Waals surface area contributed by atoms with Crippen LogP contribution in [0.25, 0.3) is 0 Å². The van der Waals surface area contributed by atoms with E-state index in [0.717, 1.165) is 6.54 Å². The van der Waals surface area contributed by atoms with Gasteiger partial charge in [-0.05, 0) is 25.6 Å². The first-order chi connectivity index (χ1) is 5.20. The topological polar surface area (TPSA) is 38.9 Å². The Labute approximate surface area is 66.3 Å². The molecule has 1 aromatic heterocycles. The minimum absolute atomic E-state index is 0.412. The number of aryl methyl sites for hydroxylation is 1. The van der Waals surface area contributed by atoms with Crippen molar-refractivity contribution in [2.24, 2.45) is 5.73 Å². The molecule has 0 aliphatic carbocycles. The van der Waals surface area contributed by atoms with E-state index >= 15 is 0 Å². The van der Waals surface area contributed by atoms with E-state index in [1.54, 1.807) is 19.1 Å². The molecule has 0 fully saturated rings. The second kappa shape index (κ2) is 5.80. The second-order valence-corrected chi connectivity index (χ2v) is 2.01. The summed E-state index contributed by atoms with van der Waals surface area (Å²) >= 11 is 0. The highest BCUT2D eigenvalue weighted by atomic mass is 19.1. The molecule has 0 unspecified atom stereocenters. The molecule has 11 heavy (non-hydrogen) atoms. The molecule has 0 aliphatic heterocycles. The van der Waals surface area contributed by atoms with E-state index in [9.17, 15) is 4.39 Å². The van der Waals surface area contributed by atoms with Crippen LogP contribution in [0.15, 0.2) is 18.2 Å². The van der Waals surface area contributed by atoms with Gasteiger partial charge in [0.15, 0.2) is 0 Å². The molecule has 0 saturated carbocycles. The summed E-state index contributed by atoms with van der Waals surface area (Å²) in [5, 5.41) is 0. The maximum absolute atomic E-state index is 12.1. The number of aromatic nitrogens is 1. The van der Waals surface area contributed by atoms with E-state index in [1.165, 1.54) is 6.07 Å². The third-order valence-corrected chi connectivity index (χ3v) is 0.854. The lowest BCUT2D eigenvalue weighted by atomic mass is 10.4. The molecule has 2 nitrogen and oxygen atoms in total. The van der Waals surface area contributed by atoms with Gasteiger partial charge in [-0.3, -0.25) is 0 Å². The highest BCUT2D eigenvalue weighted by molar-refractivity contribution is 5.01. The summed E-state index contributed by atoms with van der Waals surface area (Å²) in [5.74, 6) is -0.412. The van der Waals surface area contributed by atoms with E-state index in [4.69, 9.17) is 5.73 Å². The number of hydrogen-bond acceptors (Lipinski definition) is 2. The first-order valence-corrected chi connectivity index (χ1v) is 3.50. The number of pyridine rings is 1. The van der Waals surface area contributed by atoms with Gasteiger partial charge < -0.3 is 5.73 Å². The summed E-state index contributed by atoms with van der Waals surface area (Å²) in [4.78, 5) is 3.51. The SMILES string of the molecule is CCN.Cc1cccc(F)n1. The number of halogens is 1. The lowest BCUT2D eigenvalue weighted by Gasteiger charge is -1.86.